The molecule has 2 aliphatic heterocycles. The molecule has 0 amide bonds. The van der Waals surface area contributed by atoms with Crippen LogP contribution in [-0.2, 0) is 22.9 Å². The molecule has 2 saturated heterocycles. The molecule has 11 nitrogen and oxygen atoms in total. The molecular formula is H8B4O11Sr. The van der Waals surface area contributed by atoms with E-state index in [1.807, 2.05) is 0 Å². The van der Waals surface area contributed by atoms with Crippen LogP contribution in [0.3, 0.4) is 0 Å². The molecule has 0 saturated carbocycles. The third-order valence-electron chi connectivity index (χ3n) is 1.11. The molecular weight excluding hydrogens is 307 g/mol. The summed E-state index contributed by atoms with van der Waals surface area (Å²) < 4.78 is 21.9. The molecule has 0 unspecified atom stereocenters. The molecule has 2 heterocycles. The SMILES string of the molecule is O.O.O.O.[O-]B1OB2OB([O-])OB(O1)O2.[Sr+2]. The molecule has 0 spiro atoms. The van der Waals surface area contributed by atoms with E-state index >= 15 is 0 Å². The van der Waals surface area contributed by atoms with Crippen molar-refractivity contribution < 1.29 is 54.8 Å². The van der Waals surface area contributed by atoms with Gasteiger partial charge in [-0.05, 0) is 0 Å². The Hall–Kier alpha value is 1.30. The number of hydrogen-bond acceptors (Lipinski definition) is 7. The molecule has 0 aromatic rings. The zero-order valence-corrected chi connectivity index (χ0v) is 11.4. The van der Waals surface area contributed by atoms with Gasteiger partial charge < -0.3 is 54.8 Å². The maximum absolute atomic E-state index is 10.5. The average Bonchev–Trinajstić information content (AvgIpc) is 1.82. The molecule has 2 rings (SSSR count). The molecule has 0 aromatic heterocycles. The number of hydrogen-bond donors (Lipinski definition) is 0. The van der Waals surface area contributed by atoms with Crippen LogP contribution in [0.5, 0.6) is 0 Å². The van der Waals surface area contributed by atoms with Gasteiger partial charge in [0.05, 0.1) is 0 Å². The Kier molecular flexibility index (Phi) is 18.5. The quantitative estimate of drug-likeness (QED) is 0.392. The van der Waals surface area contributed by atoms with Crippen LogP contribution in [0.15, 0.2) is 0 Å². The Morgan fingerprint density at radius 1 is 0.562 bits per heavy atom. The summed E-state index contributed by atoms with van der Waals surface area (Å²) in [6.45, 7) is 0. The van der Waals surface area contributed by atoms with E-state index in [1.165, 1.54) is 0 Å². The third kappa shape index (κ3) is 6.90. The molecule has 16 heteroatoms. The second-order valence-corrected chi connectivity index (χ2v) is 1.84. The molecule has 0 radical (unpaired) electrons. The first kappa shape index (κ1) is 26.0. The van der Waals surface area contributed by atoms with Crippen molar-refractivity contribution in [2.45, 2.75) is 0 Å². The van der Waals surface area contributed by atoms with Gasteiger partial charge in [0.15, 0.2) is 0 Å². The molecule has 2 fully saturated rings. The summed E-state index contributed by atoms with van der Waals surface area (Å²) in [5.41, 5.74) is 0. The minimum absolute atomic E-state index is 0. The summed E-state index contributed by atoms with van der Waals surface area (Å²) in [6.07, 6.45) is 0. The fraction of sp³-hybridized carbons (Fsp3) is 0. The minimum atomic E-state index is -1.73. The van der Waals surface area contributed by atoms with E-state index < -0.39 is 29.3 Å². The van der Waals surface area contributed by atoms with E-state index in [-0.39, 0.29) is 67.4 Å². The first-order chi connectivity index (χ1) is 5.24. The predicted octanol–water partition coefficient (Wildman–Crippen LogP) is -7.92. The van der Waals surface area contributed by atoms with Gasteiger partial charge in [-0.15, -0.1) is 0 Å². The smallest absolute Gasteiger partial charge is 0.833 e. The molecule has 16 heavy (non-hydrogen) atoms. The van der Waals surface area contributed by atoms with Gasteiger partial charge in [0.1, 0.15) is 0 Å². The van der Waals surface area contributed by atoms with E-state index in [1.54, 1.807) is 0 Å². The summed E-state index contributed by atoms with van der Waals surface area (Å²) in [7, 11) is -6.00. The van der Waals surface area contributed by atoms with E-state index in [4.69, 9.17) is 0 Å². The van der Waals surface area contributed by atoms with Crippen molar-refractivity contribution in [2.75, 3.05) is 0 Å². The predicted molar refractivity (Wildman–Crippen MR) is 48.7 cm³/mol. The van der Waals surface area contributed by atoms with Crippen molar-refractivity contribution in [2.24, 2.45) is 0 Å². The Morgan fingerprint density at radius 2 is 0.812 bits per heavy atom. The summed E-state index contributed by atoms with van der Waals surface area (Å²) in [6, 6.07) is 0. The molecule has 88 valence electrons. The summed E-state index contributed by atoms with van der Waals surface area (Å²) in [5.74, 6) is 0. The first-order valence-electron chi connectivity index (χ1n) is 2.83. The van der Waals surface area contributed by atoms with Crippen molar-refractivity contribution in [3.63, 3.8) is 0 Å². The summed E-state index contributed by atoms with van der Waals surface area (Å²) in [4.78, 5) is 0. The number of fused-ring (bicyclic) bond motifs is 2. The van der Waals surface area contributed by atoms with Gasteiger partial charge >= 0.3 is 74.8 Å². The molecule has 0 aromatic carbocycles. The van der Waals surface area contributed by atoms with Crippen molar-refractivity contribution in [1.29, 1.82) is 0 Å². The summed E-state index contributed by atoms with van der Waals surface area (Å²) in [5, 5.41) is 21.0. The van der Waals surface area contributed by atoms with Gasteiger partial charge in [-0.3, -0.25) is 0 Å². The number of rotatable bonds is 0. The van der Waals surface area contributed by atoms with Gasteiger partial charge in [-0.2, -0.15) is 0 Å². The zero-order valence-electron chi connectivity index (χ0n) is 7.87. The topological polar surface area (TPSA) is 218 Å². The summed E-state index contributed by atoms with van der Waals surface area (Å²) >= 11 is 0. The van der Waals surface area contributed by atoms with Crippen LogP contribution in [-0.4, -0.2) is 96.7 Å². The molecule has 8 N–H and O–H groups in total. The maximum Gasteiger partial charge on any atom is 2.00 e. The van der Waals surface area contributed by atoms with Crippen molar-refractivity contribution in [3.8, 4) is 0 Å². The second kappa shape index (κ2) is 11.4. The fourth-order valence-corrected chi connectivity index (χ4v) is 0.710. The maximum atomic E-state index is 10.5. The molecule has 2 bridgehead atoms. The van der Waals surface area contributed by atoms with Gasteiger partial charge in [0.25, 0.3) is 0 Å². The Labute approximate surface area is 129 Å². The normalized spacial score (nSPS) is 16.9. The van der Waals surface area contributed by atoms with Crippen LogP contribution in [0, 0.1) is 0 Å². The molecule has 0 aliphatic carbocycles. The van der Waals surface area contributed by atoms with Gasteiger partial charge in [-0.1, -0.05) is 0 Å². The zero-order chi connectivity index (χ0) is 7.84. The van der Waals surface area contributed by atoms with Crippen molar-refractivity contribution in [3.05, 3.63) is 0 Å². The van der Waals surface area contributed by atoms with Crippen LogP contribution in [0.4, 0.5) is 0 Å². The van der Waals surface area contributed by atoms with Crippen molar-refractivity contribution in [1.82, 2.24) is 0 Å². The van der Waals surface area contributed by atoms with Crippen LogP contribution >= 0.6 is 0 Å². The second-order valence-electron chi connectivity index (χ2n) is 1.84. The van der Waals surface area contributed by atoms with Gasteiger partial charge in [0.2, 0.25) is 0 Å². The van der Waals surface area contributed by atoms with Gasteiger partial charge in [0, 0.05) is 0 Å². The largest absolute Gasteiger partial charge is 2.00 e. The van der Waals surface area contributed by atoms with Crippen LogP contribution in [0.2, 0.25) is 0 Å². The van der Waals surface area contributed by atoms with Crippen LogP contribution in [0.25, 0.3) is 0 Å². The minimum Gasteiger partial charge on any atom is -0.833 e. The molecule has 2 aliphatic rings. The van der Waals surface area contributed by atoms with E-state index in [9.17, 15) is 10.0 Å². The fourth-order valence-electron chi connectivity index (χ4n) is 0.710. The third-order valence-corrected chi connectivity index (χ3v) is 1.11. The molecule has 0 atom stereocenters. The van der Waals surface area contributed by atoms with E-state index in [0.717, 1.165) is 0 Å². The van der Waals surface area contributed by atoms with Crippen LogP contribution in [0.1, 0.15) is 0 Å². The Balaban J connectivity index is -0.000000144. The Morgan fingerprint density at radius 3 is 1.06 bits per heavy atom. The average molecular weight is 315 g/mol. The standard InChI is InChI=1S/B4O7.4H2O.Sr/c5-1-7-3-9-2(6)10-4(8-1)11-3;;;;;/h;4*1H2;/q-2;;;;;+2. The van der Waals surface area contributed by atoms with Crippen LogP contribution < -0.4 is 10.0 Å². The first-order valence-corrected chi connectivity index (χ1v) is 2.83. The Bertz CT molecular complexity index is 123. The van der Waals surface area contributed by atoms with Gasteiger partial charge in [-0.25, -0.2) is 0 Å². The monoisotopic (exact) mass is 316 g/mol. The van der Waals surface area contributed by atoms with Crippen molar-refractivity contribution >= 4 is 74.8 Å². The van der Waals surface area contributed by atoms with E-state index in [2.05, 4.69) is 22.9 Å². The van der Waals surface area contributed by atoms with E-state index in [0.29, 0.717) is 0 Å².